The molecule has 7 nitrogen and oxygen atoms in total. The molecule has 2 aliphatic rings. The van der Waals surface area contributed by atoms with Crippen LogP contribution in [0.2, 0.25) is 0 Å². The van der Waals surface area contributed by atoms with Crippen LogP contribution < -0.4 is 5.32 Å². The molecule has 1 aliphatic carbocycles. The molecule has 0 radical (unpaired) electrons. The van der Waals surface area contributed by atoms with Crippen molar-refractivity contribution in [1.29, 1.82) is 0 Å². The number of fused-ring (bicyclic) bond motifs is 3. The van der Waals surface area contributed by atoms with Crippen LogP contribution in [0.4, 0.5) is 4.79 Å². The van der Waals surface area contributed by atoms with Gasteiger partial charge in [0.05, 0.1) is 0 Å². The van der Waals surface area contributed by atoms with E-state index in [-0.39, 0.29) is 25.0 Å². The number of rotatable bonds is 8. The second-order valence-electron chi connectivity index (χ2n) is 9.48. The fourth-order valence-electron chi connectivity index (χ4n) is 4.76. The lowest BCUT2D eigenvalue weighted by molar-refractivity contribution is -0.138. The van der Waals surface area contributed by atoms with Gasteiger partial charge < -0.3 is 20.1 Å². The molecule has 1 fully saturated rings. The van der Waals surface area contributed by atoms with Gasteiger partial charge in [-0.05, 0) is 41.0 Å². The summed E-state index contributed by atoms with van der Waals surface area (Å²) in [6.07, 6.45) is 0.600. The highest BCUT2D eigenvalue weighted by Crippen LogP contribution is 2.44. The summed E-state index contributed by atoms with van der Waals surface area (Å²) in [5.41, 5.74) is 4.55. The Kier molecular flexibility index (Phi) is 8.00. The summed E-state index contributed by atoms with van der Waals surface area (Å²) in [5, 5.41) is 11.5. The zero-order chi connectivity index (χ0) is 24.9. The van der Waals surface area contributed by atoms with E-state index in [4.69, 9.17) is 4.74 Å². The number of hydrogen-bond acceptors (Lipinski definition) is 5. The Morgan fingerprint density at radius 3 is 2.29 bits per heavy atom. The fraction of sp³-hybridized carbons (Fsp3) is 0.444. The molecule has 1 saturated heterocycles. The Hall–Kier alpha value is -3.00. The standard InChI is InChI=1S/C27H32N2O5S/c1-17(2)11-12-23(25(30)29-13-14-35-24(15-29)26(31)32)28-27(33)34-16-22-20-9-5-3-7-18(20)19-8-4-6-10-21(19)22/h3-10,17,22-24H,11-16H2,1-2H3,(H,28,33)(H,31,32). The Labute approximate surface area is 210 Å². The minimum atomic E-state index is -0.921. The van der Waals surface area contributed by atoms with Crippen molar-refractivity contribution in [3.05, 3.63) is 59.7 Å². The summed E-state index contributed by atoms with van der Waals surface area (Å²) in [6, 6.07) is 15.5. The van der Waals surface area contributed by atoms with Crippen LogP contribution in [0.1, 0.15) is 43.7 Å². The highest BCUT2D eigenvalue weighted by Gasteiger charge is 2.34. The van der Waals surface area contributed by atoms with Gasteiger partial charge in [-0.15, -0.1) is 11.8 Å². The van der Waals surface area contributed by atoms with E-state index in [9.17, 15) is 19.5 Å². The van der Waals surface area contributed by atoms with Gasteiger partial charge in [-0.3, -0.25) is 9.59 Å². The summed E-state index contributed by atoms with van der Waals surface area (Å²) in [4.78, 5) is 39.1. The van der Waals surface area contributed by atoms with Gasteiger partial charge in [0.2, 0.25) is 5.91 Å². The molecule has 0 spiro atoms. The molecule has 2 N–H and O–H groups in total. The van der Waals surface area contributed by atoms with E-state index < -0.39 is 23.4 Å². The molecule has 2 unspecified atom stereocenters. The van der Waals surface area contributed by atoms with Crippen LogP contribution in [0.3, 0.4) is 0 Å². The van der Waals surface area contributed by atoms with Gasteiger partial charge in [0.25, 0.3) is 0 Å². The Bertz CT molecular complexity index is 1040. The summed E-state index contributed by atoms with van der Waals surface area (Å²) < 4.78 is 5.65. The second kappa shape index (κ2) is 11.2. The van der Waals surface area contributed by atoms with E-state index in [2.05, 4.69) is 43.4 Å². The number of carbonyl (C=O) groups is 3. The molecule has 1 aliphatic heterocycles. The first-order valence-corrected chi connectivity index (χ1v) is 13.1. The molecule has 35 heavy (non-hydrogen) atoms. The predicted molar refractivity (Wildman–Crippen MR) is 137 cm³/mol. The number of carbonyl (C=O) groups excluding carboxylic acids is 2. The normalized spacial score (nSPS) is 18.0. The molecular weight excluding hydrogens is 464 g/mol. The zero-order valence-corrected chi connectivity index (χ0v) is 20.9. The summed E-state index contributed by atoms with van der Waals surface area (Å²) in [7, 11) is 0. The average Bonchev–Trinajstić information content (AvgIpc) is 3.18. The minimum absolute atomic E-state index is 0.0617. The molecule has 186 valence electrons. The quantitative estimate of drug-likeness (QED) is 0.564. The van der Waals surface area contributed by atoms with Crippen LogP contribution in [0.5, 0.6) is 0 Å². The lowest BCUT2D eigenvalue weighted by Gasteiger charge is -2.33. The highest BCUT2D eigenvalue weighted by atomic mass is 32.2. The Morgan fingerprint density at radius 2 is 1.69 bits per heavy atom. The number of ether oxygens (including phenoxy) is 1. The van der Waals surface area contributed by atoms with Crippen LogP contribution in [-0.4, -0.2) is 64.7 Å². The highest BCUT2D eigenvalue weighted by molar-refractivity contribution is 8.00. The topological polar surface area (TPSA) is 95.9 Å². The number of nitrogens with one attached hydrogen (secondary N) is 1. The molecule has 4 rings (SSSR count). The van der Waals surface area contributed by atoms with E-state index in [1.807, 2.05) is 24.3 Å². The van der Waals surface area contributed by atoms with Crippen molar-refractivity contribution in [3.63, 3.8) is 0 Å². The average molecular weight is 497 g/mol. The maximum absolute atomic E-state index is 13.3. The van der Waals surface area contributed by atoms with Gasteiger partial charge in [-0.2, -0.15) is 0 Å². The number of aliphatic carboxylic acids is 1. The third-order valence-corrected chi connectivity index (χ3v) is 7.79. The number of amides is 2. The van der Waals surface area contributed by atoms with Gasteiger partial charge in [0.1, 0.15) is 17.9 Å². The molecule has 2 atom stereocenters. The van der Waals surface area contributed by atoms with Crippen molar-refractivity contribution in [2.24, 2.45) is 5.92 Å². The first kappa shape index (κ1) is 25.1. The Balaban J connectivity index is 1.42. The third-order valence-electron chi connectivity index (χ3n) is 6.62. The van der Waals surface area contributed by atoms with E-state index in [1.54, 1.807) is 4.90 Å². The smallest absolute Gasteiger partial charge is 0.407 e. The number of nitrogens with zero attached hydrogens (tertiary/aromatic N) is 1. The molecule has 0 aromatic heterocycles. The second-order valence-corrected chi connectivity index (χ2v) is 10.8. The van der Waals surface area contributed by atoms with Crippen LogP contribution in [0, 0.1) is 5.92 Å². The van der Waals surface area contributed by atoms with Gasteiger partial charge >= 0.3 is 12.1 Å². The SMILES string of the molecule is CC(C)CCC(NC(=O)OCC1c2ccccc2-c2ccccc21)C(=O)N1CCSC(C(=O)O)C1. The number of alkyl carbamates (subject to hydrolysis) is 1. The first-order chi connectivity index (χ1) is 16.8. The van der Waals surface area contributed by atoms with E-state index in [0.29, 0.717) is 24.6 Å². The molecule has 2 aromatic rings. The number of thioether (sulfide) groups is 1. The maximum Gasteiger partial charge on any atom is 0.407 e. The van der Waals surface area contributed by atoms with E-state index in [0.717, 1.165) is 28.7 Å². The molecule has 8 heteroatoms. The Morgan fingerprint density at radius 1 is 1.06 bits per heavy atom. The largest absolute Gasteiger partial charge is 0.480 e. The van der Waals surface area contributed by atoms with Crippen molar-refractivity contribution in [2.45, 2.75) is 43.9 Å². The van der Waals surface area contributed by atoms with E-state index in [1.165, 1.54) is 11.8 Å². The lowest BCUT2D eigenvalue weighted by atomic mass is 9.98. The number of hydrogen-bond donors (Lipinski definition) is 2. The van der Waals surface area contributed by atoms with Gasteiger partial charge in [0, 0.05) is 24.8 Å². The lowest BCUT2D eigenvalue weighted by Crippen LogP contribution is -2.53. The van der Waals surface area contributed by atoms with Crippen molar-refractivity contribution in [1.82, 2.24) is 10.2 Å². The first-order valence-electron chi connectivity index (χ1n) is 12.1. The van der Waals surface area contributed by atoms with Gasteiger partial charge in [0.15, 0.2) is 0 Å². The van der Waals surface area contributed by atoms with E-state index >= 15 is 0 Å². The van der Waals surface area contributed by atoms with Crippen molar-refractivity contribution in [3.8, 4) is 11.1 Å². The third kappa shape index (κ3) is 5.81. The minimum Gasteiger partial charge on any atom is -0.480 e. The van der Waals surface area contributed by atoms with Crippen LogP contribution in [0.25, 0.3) is 11.1 Å². The molecule has 0 saturated carbocycles. The maximum atomic E-state index is 13.3. The summed E-state index contributed by atoms with van der Waals surface area (Å²) >= 11 is 1.34. The fourth-order valence-corrected chi connectivity index (χ4v) is 5.80. The molecule has 2 amide bonds. The van der Waals surface area contributed by atoms with Gasteiger partial charge in [-0.1, -0.05) is 62.4 Å². The molecule has 1 heterocycles. The monoisotopic (exact) mass is 496 g/mol. The number of carboxylic acid groups (broad SMARTS) is 1. The molecule has 0 bridgehead atoms. The molecule has 2 aromatic carbocycles. The summed E-state index contributed by atoms with van der Waals surface area (Å²) in [6.45, 7) is 4.91. The van der Waals surface area contributed by atoms with Crippen molar-refractivity contribution >= 4 is 29.7 Å². The zero-order valence-electron chi connectivity index (χ0n) is 20.1. The molecular formula is C27H32N2O5S. The van der Waals surface area contributed by atoms with Crippen LogP contribution >= 0.6 is 11.8 Å². The van der Waals surface area contributed by atoms with Crippen molar-refractivity contribution < 1.29 is 24.2 Å². The summed E-state index contributed by atoms with van der Waals surface area (Å²) in [5.74, 6) is -0.307. The number of benzene rings is 2. The van der Waals surface area contributed by atoms with Gasteiger partial charge in [-0.25, -0.2) is 4.79 Å². The predicted octanol–water partition coefficient (Wildman–Crippen LogP) is 4.36. The van der Waals surface area contributed by atoms with Crippen LogP contribution in [-0.2, 0) is 14.3 Å². The number of carboxylic acids is 1. The van der Waals surface area contributed by atoms with Crippen LogP contribution in [0.15, 0.2) is 48.5 Å². The van der Waals surface area contributed by atoms with Crippen molar-refractivity contribution in [2.75, 3.05) is 25.4 Å².